The Morgan fingerprint density at radius 2 is 1.59 bits per heavy atom. The van der Waals surface area contributed by atoms with Gasteiger partial charge in [-0.05, 0) is 42.5 Å². The summed E-state index contributed by atoms with van der Waals surface area (Å²) in [7, 11) is 0. The van der Waals surface area contributed by atoms with Crippen LogP contribution in [0.3, 0.4) is 0 Å². The molecule has 0 unspecified atom stereocenters. The van der Waals surface area contributed by atoms with Crippen molar-refractivity contribution in [3.63, 3.8) is 0 Å². The van der Waals surface area contributed by atoms with E-state index in [1.807, 2.05) is 24.4 Å². The van der Waals surface area contributed by atoms with Gasteiger partial charge in [-0.3, -0.25) is 14.6 Å². The lowest BCUT2D eigenvalue weighted by Crippen LogP contribution is -2.21. The van der Waals surface area contributed by atoms with Crippen molar-refractivity contribution >= 4 is 34.4 Å². The second kappa shape index (κ2) is 9.81. The average molecular weight is 471 g/mol. The number of nitrogens with one attached hydrogen (secondary N) is 1. The molecule has 0 radical (unpaired) electrons. The van der Waals surface area contributed by atoms with E-state index in [2.05, 4.69) is 15.4 Å². The minimum absolute atomic E-state index is 0.207. The third-order valence-corrected chi connectivity index (χ3v) is 4.38. The number of alkyl halides is 3. The van der Waals surface area contributed by atoms with Crippen LogP contribution in [0.5, 0.6) is 0 Å². The highest BCUT2D eigenvalue weighted by molar-refractivity contribution is 6.05. The number of hydrogen-bond donors (Lipinski definition) is 3. The van der Waals surface area contributed by atoms with Crippen LogP contribution in [0.4, 0.5) is 18.9 Å². The number of hydrogen-bond acceptors (Lipinski definition) is 5. The van der Waals surface area contributed by atoms with E-state index in [0.717, 1.165) is 11.1 Å². The fourth-order valence-electron chi connectivity index (χ4n) is 2.78. The van der Waals surface area contributed by atoms with Crippen molar-refractivity contribution < 1.29 is 32.7 Å². The molecular formula is C22H16F3N5O4. The predicted octanol–water partition coefficient (Wildman–Crippen LogP) is 3.41. The van der Waals surface area contributed by atoms with Gasteiger partial charge in [-0.1, -0.05) is 12.1 Å². The van der Waals surface area contributed by atoms with Gasteiger partial charge in [-0.2, -0.15) is 18.3 Å². The summed E-state index contributed by atoms with van der Waals surface area (Å²) in [5.41, 5.74) is 8.34. The maximum atomic E-state index is 12.2. The Kier molecular flexibility index (Phi) is 6.90. The van der Waals surface area contributed by atoms with E-state index in [-0.39, 0.29) is 5.91 Å². The Morgan fingerprint density at radius 3 is 2.15 bits per heavy atom. The van der Waals surface area contributed by atoms with Crippen LogP contribution in [0.15, 0.2) is 73.2 Å². The number of amides is 2. The van der Waals surface area contributed by atoms with Crippen LogP contribution in [-0.2, 0) is 4.79 Å². The van der Waals surface area contributed by atoms with Crippen molar-refractivity contribution in [2.24, 2.45) is 5.73 Å². The van der Waals surface area contributed by atoms with Crippen molar-refractivity contribution in [3.05, 3.63) is 84.3 Å². The van der Waals surface area contributed by atoms with Gasteiger partial charge in [0.05, 0.1) is 11.3 Å². The lowest BCUT2D eigenvalue weighted by molar-refractivity contribution is -0.192. The Labute approximate surface area is 189 Å². The molecule has 0 aliphatic carbocycles. The lowest BCUT2D eigenvalue weighted by Gasteiger charge is -2.06. The number of rotatable bonds is 4. The summed E-state index contributed by atoms with van der Waals surface area (Å²) >= 11 is 0. The van der Waals surface area contributed by atoms with E-state index >= 15 is 0 Å². The molecule has 0 aliphatic heterocycles. The molecule has 4 N–H and O–H groups in total. The van der Waals surface area contributed by atoms with E-state index in [4.69, 9.17) is 15.6 Å². The van der Waals surface area contributed by atoms with Crippen LogP contribution >= 0.6 is 0 Å². The van der Waals surface area contributed by atoms with Crippen molar-refractivity contribution in [3.8, 4) is 5.69 Å². The zero-order valence-corrected chi connectivity index (χ0v) is 17.2. The molecule has 0 aliphatic rings. The summed E-state index contributed by atoms with van der Waals surface area (Å²) in [5, 5.41) is 15.2. The number of aromatic nitrogens is 3. The highest BCUT2D eigenvalue weighted by atomic mass is 19.4. The number of nitrogens with zero attached hydrogens (tertiary/aromatic N) is 3. The first-order chi connectivity index (χ1) is 16.1. The number of carboxylic acids is 1. The Bertz CT molecular complexity index is 1340. The molecule has 4 aromatic rings. The minimum atomic E-state index is -5.08. The highest BCUT2D eigenvalue weighted by Crippen LogP contribution is 2.20. The van der Waals surface area contributed by atoms with E-state index in [9.17, 15) is 22.8 Å². The van der Waals surface area contributed by atoms with Gasteiger partial charge in [-0.15, -0.1) is 0 Å². The number of halogens is 3. The maximum Gasteiger partial charge on any atom is 0.490 e. The number of carbonyl (C=O) groups excluding carboxylic acids is 2. The molecule has 9 nitrogen and oxygen atoms in total. The second-order valence-corrected chi connectivity index (χ2v) is 6.72. The molecule has 34 heavy (non-hydrogen) atoms. The third-order valence-electron chi connectivity index (χ3n) is 4.38. The third kappa shape index (κ3) is 5.73. The Morgan fingerprint density at radius 1 is 0.971 bits per heavy atom. The van der Waals surface area contributed by atoms with Crippen molar-refractivity contribution in [2.75, 3.05) is 5.32 Å². The quantitative estimate of drug-likeness (QED) is 0.417. The average Bonchev–Trinajstić information content (AvgIpc) is 3.24. The number of primary amides is 1. The smallest absolute Gasteiger partial charge is 0.475 e. The number of carboxylic acid groups (broad SMARTS) is 1. The van der Waals surface area contributed by atoms with Gasteiger partial charge in [0, 0.05) is 35.2 Å². The molecular weight excluding hydrogens is 455 g/mol. The number of benzene rings is 2. The van der Waals surface area contributed by atoms with Gasteiger partial charge in [0.2, 0.25) is 0 Å². The summed E-state index contributed by atoms with van der Waals surface area (Å²) in [6.45, 7) is 0. The molecule has 0 bridgehead atoms. The molecule has 2 heterocycles. The summed E-state index contributed by atoms with van der Waals surface area (Å²) in [5.74, 6) is -3.48. The SMILES string of the molecule is NC(=O)c1cccc2cn(-c3ccc(NC(=O)c4ccncc4)cc3)nc12.O=C(O)C(F)(F)F. The van der Waals surface area contributed by atoms with Crippen molar-refractivity contribution in [1.82, 2.24) is 14.8 Å². The molecule has 12 heteroatoms. The molecule has 174 valence electrons. The molecule has 2 amide bonds. The summed E-state index contributed by atoms with van der Waals surface area (Å²) in [4.78, 5) is 36.5. The van der Waals surface area contributed by atoms with Gasteiger partial charge in [0.25, 0.3) is 11.8 Å². The van der Waals surface area contributed by atoms with Gasteiger partial charge in [0.1, 0.15) is 5.52 Å². The van der Waals surface area contributed by atoms with Crippen LogP contribution < -0.4 is 11.1 Å². The topological polar surface area (TPSA) is 140 Å². The van der Waals surface area contributed by atoms with Crippen LogP contribution in [0.25, 0.3) is 16.6 Å². The van der Waals surface area contributed by atoms with E-state index in [1.165, 1.54) is 0 Å². The fraction of sp³-hybridized carbons (Fsp3) is 0.0455. The second-order valence-electron chi connectivity index (χ2n) is 6.72. The van der Waals surface area contributed by atoms with Crippen molar-refractivity contribution in [1.29, 1.82) is 0 Å². The maximum absolute atomic E-state index is 12.2. The largest absolute Gasteiger partial charge is 0.490 e. The normalized spacial score (nSPS) is 10.8. The summed E-state index contributed by atoms with van der Waals surface area (Å²) < 4.78 is 33.4. The van der Waals surface area contributed by atoms with E-state index < -0.39 is 18.1 Å². The molecule has 0 fully saturated rings. The number of fused-ring (bicyclic) bond motifs is 1. The van der Waals surface area contributed by atoms with Gasteiger partial charge in [-0.25, -0.2) is 9.48 Å². The molecule has 0 saturated carbocycles. The standard InChI is InChI=1S/C20H15N5O2.C2HF3O2/c21-19(26)17-3-1-2-14-12-25(24-18(14)17)16-6-4-15(5-7-16)23-20(27)13-8-10-22-11-9-13;3-2(4,5)1(6)7/h1-12H,(H2,21,26)(H,23,27);(H,6,7). The molecule has 4 rings (SSSR count). The lowest BCUT2D eigenvalue weighted by atomic mass is 10.1. The number of anilines is 1. The zero-order chi connectivity index (χ0) is 24.9. The van der Waals surface area contributed by atoms with E-state index in [0.29, 0.717) is 22.3 Å². The highest BCUT2D eigenvalue weighted by Gasteiger charge is 2.38. The van der Waals surface area contributed by atoms with Crippen LogP contribution in [-0.4, -0.2) is 43.8 Å². The van der Waals surface area contributed by atoms with Gasteiger partial charge >= 0.3 is 12.1 Å². The Hall–Kier alpha value is -4.74. The van der Waals surface area contributed by atoms with Gasteiger partial charge < -0.3 is 16.2 Å². The number of aliphatic carboxylic acids is 1. The number of pyridine rings is 1. The monoisotopic (exact) mass is 471 g/mol. The van der Waals surface area contributed by atoms with Gasteiger partial charge in [0.15, 0.2) is 0 Å². The van der Waals surface area contributed by atoms with Crippen LogP contribution in [0, 0.1) is 0 Å². The van der Waals surface area contributed by atoms with Crippen molar-refractivity contribution in [2.45, 2.75) is 6.18 Å². The molecule has 0 atom stereocenters. The summed E-state index contributed by atoms with van der Waals surface area (Å²) in [6, 6.07) is 15.8. The zero-order valence-electron chi connectivity index (χ0n) is 17.2. The fourth-order valence-corrected chi connectivity index (χ4v) is 2.78. The molecule has 2 aromatic heterocycles. The number of nitrogens with two attached hydrogens (primary N) is 1. The first-order valence-corrected chi connectivity index (χ1v) is 9.46. The first-order valence-electron chi connectivity index (χ1n) is 9.46. The van der Waals surface area contributed by atoms with Crippen LogP contribution in [0.2, 0.25) is 0 Å². The summed E-state index contributed by atoms with van der Waals surface area (Å²) in [6.07, 6.45) is -0.117. The first kappa shape index (κ1) is 23.9. The predicted molar refractivity (Wildman–Crippen MR) is 115 cm³/mol. The van der Waals surface area contributed by atoms with E-state index in [1.54, 1.807) is 53.5 Å². The molecule has 0 spiro atoms. The number of carbonyl (C=O) groups is 3. The van der Waals surface area contributed by atoms with Crippen LogP contribution in [0.1, 0.15) is 20.7 Å². The minimum Gasteiger partial charge on any atom is -0.475 e. The molecule has 2 aromatic carbocycles. The Balaban J connectivity index is 0.000000406. The molecule has 0 saturated heterocycles.